The van der Waals surface area contributed by atoms with Gasteiger partial charge in [0, 0.05) is 41.5 Å². The topological polar surface area (TPSA) is 150 Å². The summed E-state index contributed by atoms with van der Waals surface area (Å²) >= 11 is 1.39. The number of aryl methyl sites for hydroxylation is 1. The van der Waals surface area contributed by atoms with Crippen molar-refractivity contribution in [1.29, 1.82) is 0 Å². The largest absolute Gasteiger partial charge is 0.480 e. The van der Waals surface area contributed by atoms with Crippen molar-refractivity contribution in [3.8, 4) is 0 Å². The number of H-pyrrole nitrogens is 1. The molecule has 3 aromatic heterocycles. The lowest BCUT2D eigenvalue weighted by Gasteiger charge is -2.24. The van der Waals surface area contributed by atoms with Crippen molar-refractivity contribution in [2.75, 3.05) is 23.7 Å². The Morgan fingerprint density at radius 1 is 1.23 bits per heavy atom. The molecule has 4 heterocycles. The van der Waals surface area contributed by atoms with Gasteiger partial charge in [0.2, 0.25) is 11.1 Å². The number of rotatable bonds is 9. The predicted molar refractivity (Wildman–Crippen MR) is 151 cm³/mol. The summed E-state index contributed by atoms with van der Waals surface area (Å²) in [5.41, 5.74) is 1.98. The third-order valence-electron chi connectivity index (χ3n) is 6.19. The van der Waals surface area contributed by atoms with Crippen LogP contribution in [0.5, 0.6) is 0 Å². The molecule has 12 nitrogen and oxygen atoms in total. The maximum Gasteiger partial charge on any atom is 0.321 e. The van der Waals surface area contributed by atoms with Crippen molar-refractivity contribution in [3.63, 3.8) is 0 Å². The summed E-state index contributed by atoms with van der Waals surface area (Å²) in [5.74, 6) is 0.0620. The molecule has 210 valence electrons. The van der Waals surface area contributed by atoms with Crippen LogP contribution in [0.1, 0.15) is 32.9 Å². The van der Waals surface area contributed by atoms with Crippen LogP contribution in [0.15, 0.2) is 58.7 Å². The Morgan fingerprint density at radius 3 is 2.67 bits per heavy atom. The second-order valence-electron chi connectivity index (χ2n) is 10.7. The fourth-order valence-corrected chi connectivity index (χ4v) is 5.38. The van der Waals surface area contributed by atoms with Crippen LogP contribution in [0.4, 0.5) is 17.3 Å². The Bertz CT molecular complexity index is 1510. The van der Waals surface area contributed by atoms with E-state index in [0.29, 0.717) is 35.4 Å². The highest BCUT2D eigenvalue weighted by molar-refractivity contribution is 7.99. The van der Waals surface area contributed by atoms with E-state index in [0.717, 1.165) is 16.1 Å². The lowest BCUT2D eigenvalue weighted by molar-refractivity contribution is -0.142. The van der Waals surface area contributed by atoms with E-state index in [4.69, 9.17) is 4.74 Å². The average Bonchev–Trinajstić information content (AvgIpc) is 3.59. The van der Waals surface area contributed by atoms with Crippen LogP contribution in [-0.4, -0.2) is 77.5 Å². The van der Waals surface area contributed by atoms with Crippen molar-refractivity contribution in [1.82, 2.24) is 29.7 Å². The molecule has 1 aromatic carbocycles. The van der Waals surface area contributed by atoms with E-state index < -0.39 is 12.0 Å². The Morgan fingerprint density at radius 2 is 2.00 bits per heavy atom. The summed E-state index contributed by atoms with van der Waals surface area (Å²) in [4.78, 5) is 31.8. The zero-order valence-electron chi connectivity index (χ0n) is 22.7. The van der Waals surface area contributed by atoms with Crippen molar-refractivity contribution in [2.45, 2.75) is 61.9 Å². The zero-order chi connectivity index (χ0) is 28.4. The van der Waals surface area contributed by atoms with Crippen molar-refractivity contribution < 1.29 is 19.4 Å². The highest BCUT2D eigenvalue weighted by Gasteiger charge is 2.39. The third kappa shape index (κ3) is 6.79. The van der Waals surface area contributed by atoms with Gasteiger partial charge in [-0.1, -0.05) is 0 Å². The normalized spacial score (nSPS) is 17.8. The lowest BCUT2D eigenvalue weighted by atomic mass is 10.1. The number of hydrogen-bond donors (Lipinski definition) is 4. The molecular formula is C27H32N8O4S. The maximum atomic E-state index is 12.8. The van der Waals surface area contributed by atoms with Gasteiger partial charge in [-0.2, -0.15) is 5.10 Å². The van der Waals surface area contributed by atoms with Gasteiger partial charge in [-0.15, -0.1) is 5.10 Å². The van der Waals surface area contributed by atoms with Gasteiger partial charge in [0.05, 0.1) is 18.2 Å². The van der Waals surface area contributed by atoms with E-state index in [1.807, 2.05) is 64.2 Å². The molecule has 0 saturated carbocycles. The first kappa shape index (κ1) is 27.6. The number of benzene rings is 1. The van der Waals surface area contributed by atoms with Gasteiger partial charge in [-0.25, -0.2) is 9.50 Å². The van der Waals surface area contributed by atoms with E-state index >= 15 is 0 Å². The molecule has 0 radical (unpaired) electrons. The van der Waals surface area contributed by atoms with Gasteiger partial charge < -0.3 is 20.5 Å². The third-order valence-corrected chi connectivity index (χ3v) is 7.05. The molecule has 1 aliphatic rings. The van der Waals surface area contributed by atoms with Crippen LogP contribution < -0.4 is 10.6 Å². The van der Waals surface area contributed by atoms with Crippen LogP contribution >= 0.6 is 11.8 Å². The number of carboxylic acids is 1. The van der Waals surface area contributed by atoms with Crippen LogP contribution in [0.3, 0.4) is 0 Å². The highest BCUT2D eigenvalue weighted by atomic mass is 32.2. The van der Waals surface area contributed by atoms with E-state index in [1.165, 1.54) is 11.8 Å². The van der Waals surface area contributed by atoms with Gasteiger partial charge >= 0.3 is 5.97 Å². The van der Waals surface area contributed by atoms with Gasteiger partial charge in [0.25, 0.3) is 0 Å². The number of ether oxygens (including phenoxy) is 1. The molecule has 4 aromatic rings. The van der Waals surface area contributed by atoms with Crippen LogP contribution in [0.2, 0.25) is 0 Å². The molecular weight excluding hydrogens is 532 g/mol. The van der Waals surface area contributed by atoms with Gasteiger partial charge in [0.1, 0.15) is 11.6 Å². The number of carbonyl (C=O) groups excluding carboxylic acids is 1. The molecule has 2 atom stereocenters. The van der Waals surface area contributed by atoms with E-state index in [1.54, 1.807) is 21.5 Å². The number of nitrogens with zero attached hydrogens (tertiary/aromatic N) is 5. The zero-order valence-corrected chi connectivity index (χ0v) is 23.5. The lowest BCUT2D eigenvalue weighted by Crippen LogP contribution is -2.41. The number of hydrogen-bond acceptors (Lipinski definition) is 9. The number of carboxylic acid groups (broad SMARTS) is 1. The summed E-state index contributed by atoms with van der Waals surface area (Å²) in [6, 6.07) is 12.3. The van der Waals surface area contributed by atoms with Gasteiger partial charge in [0.15, 0.2) is 11.6 Å². The molecule has 1 aliphatic heterocycles. The van der Waals surface area contributed by atoms with Crippen molar-refractivity contribution in [3.05, 3.63) is 54.4 Å². The first-order valence-corrected chi connectivity index (χ1v) is 13.7. The van der Waals surface area contributed by atoms with Crippen LogP contribution in [0.25, 0.3) is 5.52 Å². The number of amides is 1. The molecule has 0 spiro atoms. The Hall–Kier alpha value is -3.94. The van der Waals surface area contributed by atoms with Gasteiger partial charge in [-0.05, 0) is 75.9 Å². The monoisotopic (exact) mass is 564 g/mol. The number of carbonyl (C=O) groups is 2. The van der Waals surface area contributed by atoms with E-state index in [9.17, 15) is 14.7 Å². The summed E-state index contributed by atoms with van der Waals surface area (Å²) in [6.07, 6.45) is 1.96. The van der Waals surface area contributed by atoms with Crippen LogP contribution in [-0.2, 0) is 14.3 Å². The van der Waals surface area contributed by atoms with E-state index in [2.05, 4.69) is 30.9 Å². The average molecular weight is 565 g/mol. The SMILES string of the molecule is Cc1cc(Nc2nc(Sc3ccc(NC(=O)CN4C[C@H](OC(C)(C)C)C[C@H]4C(=O)O)cc3)nn3cccc23)n[nH]1. The molecule has 0 aliphatic carbocycles. The quantitative estimate of drug-likeness (QED) is 0.235. The van der Waals surface area contributed by atoms with E-state index in [-0.39, 0.29) is 24.2 Å². The molecule has 5 rings (SSSR count). The Labute approximate surface area is 235 Å². The first-order chi connectivity index (χ1) is 19.0. The summed E-state index contributed by atoms with van der Waals surface area (Å²) in [6.45, 7) is 8.08. The first-order valence-electron chi connectivity index (χ1n) is 12.9. The van der Waals surface area contributed by atoms with Crippen LogP contribution in [0, 0.1) is 6.92 Å². The molecule has 1 fully saturated rings. The number of aromatic amines is 1. The second-order valence-corrected chi connectivity index (χ2v) is 11.7. The smallest absolute Gasteiger partial charge is 0.321 e. The minimum absolute atomic E-state index is 0.0342. The predicted octanol–water partition coefficient (Wildman–Crippen LogP) is 3.94. The number of aliphatic carboxylic acids is 1. The molecule has 40 heavy (non-hydrogen) atoms. The minimum atomic E-state index is -0.952. The number of aromatic nitrogens is 5. The second kappa shape index (κ2) is 11.3. The van der Waals surface area contributed by atoms with Crippen molar-refractivity contribution in [2.24, 2.45) is 0 Å². The standard InChI is InChI=1S/C27H32N8O4S/c1-16-12-22(32-31-16)29-24-20-6-5-11-35(20)33-26(30-24)40-19-9-7-17(8-10-19)28-23(36)15-34-14-18(39-27(2,3)4)13-21(34)25(37)38/h5-12,18,21H,13-15H2,1-4H3,(H,28,36)(H,37,38)(H2,29,30,31,32,33)/t18-,21+/m1/s1. The molecule has 1 amide bonds. The number of fused-ring (bicyclic) bond motifs is 1. The fourth-order valence-electron chi connectivity index (χ4n) is 4.63. The number of nitrogens with one attached hydrogen (secondary N) is 3. The molecule has 0 unspecified atom stereocenters. The molecule has 1 saturated heterocycles. The minimum Gasteiger partial charge on any atom is -0.480 e. The maximum absolute atomic E-state index is 12.8. The molecule has 13 heteroatoms. The molecule has 4 N–H and O–H groups in total. The Kier molecular flexibility index (Phi) is 7.79. The summed E-state index contributed by atoms with van der Waals surface area (Å²) in [7, 11) is 0. The summed E-state index contributed by atoms with van der Waals surface area (Å²) in [5, 5.41) is 28.0. The summed E-state index contributed by atoms with van der Waals surface area (Å²) < 4.78 is 7.72. The fraction of sp³-hybridized carbons (Fsp3) is 0.370. The Balaban J connectivity index is 1.21. The van der Waals surface area contributed by atoms with Gasteiger partial charge in [-0.3, -0.25) is 19.6 Å². The number of likely N-dealkylation sites (tertiary alicyclic amines) is 1. The number of anilines is 3. The highest BCUT2D eigenvalue weighted by Crippen LogP contribution is 2.29. The molecule has 0 bridgehead atoms. The van der Waals surface area contributed by atoms with Crippen molar-refractivity contribution >= 4 is 46.5 Å².